The van der Waals surface area contributed by atoms with Crippen molar-refractivity contribution in [3.8, 4) is 27.9 Å². The van der Waals surface area contributed by atoms with Gasteiger partial charge >= 0.3 is 0 Å². The van der Waals surface area contributed by atoms with Crippen molar-refractivity contribution in [1.29, 1.82) is 0 Å². The summed E-state index contributed by atoms with van der Waals surface area (Å²) < 4.78 is 11.9. The lowest BCUT2D eigenvalue weighted by Gasteiger charge is -2.28. The zero-order valence-electron chi connectivity index (χ0n) is 31.3. The van der Waals surface area contributed by atoms with Crippen LogP contribution in [0.4, 0.5) is 17.1 Å². The first kappa shape index (κ1) is 32.8. The number of nitrogens with zero attached hydrogens (tertiary/aromatic N) is 2. The van der Waals surface area contributed by atoms with Crippen molar-refractivity contribution in [2.75, 3.05) is 4.90 Å². The molecule has 4 heteroatoms. The van der Waals surface area contributed by atoms with Gasteiger partial charge in [0.25, 0.3) is 0 Å². The highest BCUT2D eigenvalue weighted by Gasteiger charge is 2.25. The summed E-state index contributed by atoms with van der Waals surface area (Å²) in [5.41, 5.74) is 13.0. The minimum Gasteiger partial charge on any atom is -0.455 e. The number of aromatic nitrogens is 1. The van der Waals surface area contributed by atoms with Crippen molar-refractivity contribution < 1.29 is 4.42 Å². The lowest BCUT2D eigenvalue weighted by atomic mass is 9.98. The third-order valence-electron chi connectivity index (χ3n) is 11.6. The molecular weight excluding hydrogens is 725 g/mol. The van der Waals surface area contributed by atoms with Crippen molar-refractivity contribution in [1.82, 2.24) is 4.57 Å². The Morgan fingerprint density at radius 3 is 1.81 bits per heavy atom. The number of thiophene rings is 1. The highest BCUT2D eigenvalue weighted by atomic mass is 32.1. The molecule has 58 heavy (non-hydrogen) atoms. The van der Waals surface area contributed by atoms with Crippen LogP contribution in [0.25, 0.3) is 91.9 Å². The van der Waals surface area contributed by atoms with Crippen LogP contribution in [0.5, 0.6) is 0 Å². The molecule has 0 radical (unpaired) electrons. The van der Waals surface area contributed by atoms with Gasteiger partial charge in [0.2, 0.25) is 0 Å². The Morgan fingerprint density at radius 2 is 1.02 bits per heavy atom. The molecule has 12 rings (SSSR count). The number of benzene rings is 9. The van der Waals surface area contributed by atoms with E-state index >= 15 is 0 Å². The van der Waals surface area contributed by atoms with E-state index in [1.807, 2.05) is 11.3 Å². The first-order valence-electron chi connectivity index (χ1n) is 19.7. The molecule has 3 aromatic heterocycles. The molecule has 0 amide bonds. The molecule has 0 aliphatic heterocycles. The van der Waals surface area contributed by atoms with Gasteiger partial charge in [-0.2, -0.15) is 0 Å². The summed E-state index contributed by atoms with van der Waals surface area (Å²) in [7, 11) is 0. The monoisotopic (exact) mass is 758 g/mol. The number of furan rings is 1. The quantitative estimate of drug-likeness (QED) is 0.168. The topological polar surface area (TPSA) is 21.3 Å². The Bertz CT molecular complexity index is 3460. The Kier molecular flexibility index (Phi) is 7.40. The maximum absolute atomic E-state index is 6.96. The normalized spacial score (nSPS) is 11.8. The molecule has 0 spiro atoms. The minimum absolute atomic E-state index is 0.864. The van der Waals surface area contributed by atoms with E-state index < -0.39 is 0 Å². The molecule has 272 valence electrons. The molecule has 0 N–H and O–H groups in total. The predicted molar refractivity (Wildman–Crippen MR) is 247 cm³/mol. The fraction of sp³-hybridized carbons (Fsp3) is 0. The van der Waals surface area contributed by atoms with E-state index in [1.165, 1.54) is 53.1 Å². The van der Waals surface area contributed by atoms with E-state index in [1.54, 1.807) is 0 Å². The zero-order valence-corrected chi connectivity index (χ0v) is 32.2. The second-order valence-electron chi connectivity index (χ2n) is 14.9. The second kappa shape index (κ2) is 13.1. The largest absolute Gasteiger partial charge is 0.455 e. The fourth-order valence-electron chi connectivity index (χ4n) is 9.02. The van der Waals surface area contributed by atoms with Gasteiger partial charge in [-0.05, 0) is 89.5 Å². The lowest BCUT2D eigenvalue weighted by Crippen LogP contribution is -2.11. The lowest BCUT2D eigenvalue weighted by molar-refractivity contribution is 0.670. The van der Waals surface area contributed by atoms with E-state index in [-0.39, 0.29) is 0 Å². The number of para-hydroxylation sites is 3. The molecule has 0 saturated carbocycles. The Balaban J connectivity index is 1.11. The molecule has 0 aliphatic rings. The first-order chi connectivity index (χ1) is 28.8. The van der Waals surface area contributed by atoms with E-state index in [4.69, 9.17) is 4.42 Å². The van der Waals surface area contributed by atoms with Crippen molar-refractivity contribution in [2.45, 2.75) is 0 Å². The van der Waals surface area contributed by atoms with Gasteiger partial charge in [0.15, 0.2) is 0 Å². The van der Waals surface area contributed by atoms with Crippen LogP contribution in [0.1, 0.15) is 0 Å². The van der Waals surface area contributed by atoms with E-state index in [0.29, 0.717) is 0 Å². The smallest absolute Gasteiger partial charge is 0.145 e. The molecule has 12 aromatic rings. The number of anilines is 3. The maximum atomic E-state index is 6.96. The zero-order chi connectivity index (χ0) is 38.2. The Hall–Kier alpha value is -7.40. The van der Waals surface area contributed by atoms with Crippen molar-refractivity contribution in [3.05, 3.63) is 206 Å². The standard InChI is InChI=1S/C54H34N2OS/c1-2-14-35(15-3-1)36-28-30-38(31-29-36)55(47-24-13-27-51-52(47)44-21-7-11-26-50(44)58-51)48-33-32-40(54-53(48)43-20-6-10-25-49(43)57-54)37-16-12-17-39(34-37)56-45-22-8-4-18-41(45)42-19-5-9-23-46(42)56/h1-34H. The molecular formula is C54H34N2OS. The van der Waals surface area contributed by atoms with Crippen LogP contribution < -0.4 is 4.90 Å². The summed E-state index contributed by atoms with van der Waals surface area (Å²) in [6, 6.07) is 74.3. The third-order valence-corrected chi connectivity index (χ3v) is 12.7. The highest BCUT2D eigenvalue weighted by Crippen LogP contribution is 2.50. The van der Waals surface area contributed by atoms with Crippen LogP contribution in [-0.4, -0.2) is 4.57 Å². The third kappa shape index (κ3) is 5.05. The van der Waals surface area contributed by atoms with Crippen molar-refractivity contribution >= 4 is 92.3 Å². The average molecular weight is 759 g/mol. The molecule has 0 atom stereocenters. The van der Waals surface area contributed by atoms with Gasteiger partial charge in [-0.1, -0.05) is 133 Å². The van der Waals surface area contributed by atoms with Crippen LogP contribution in [0.3, 0.4) is 0 Å². The van der Waals surface area contributed by atoms with Crippen molar-refractivity contribution in [3.63, 3.8) is 0 Å². The van der Waals surface area contributed by atoms with Crippen LogP contribution in [0.15, 0.2) is 211 Å². The van der Waals surface area contributed by atoms with Crippen LogP contribution in [0, 0.1) is 0 Å². The summed E-state index contributed by atoms with van der Waals surface area (Å²) in [6.07, 6.45) is 0. The first-order valence-corrected chi connectivity index (χ1v) is 20.5. The Morgan fingerprint density at radius 1 is 0.414 bits per heavy atom. The van der Waals surface area contributed by atoms with Crippen LogP contribution in [-0.2, 0) is 0 Å². The molecule has 0 unspecified atom stereocenters. The molecule has 0 aliphatic carbocycles. The van der Waals surface area contributed by atoms with Crippen LogP contribution in [0.2, 0.25) is 0 Å². The van der Waals surface area contributed by atoms with Gasteiger partial charge in [-0.3, -0.25) is 0 Å². The maximum Gasteiger partial charge on any atom is 0.145 e. The molecule has 0 saturated heterocycles. The van der Waals surface area contributed by atoms with E-state index in [0.717, 1.165) is 55.8 Å². The predicted octanol–water partition coefficient (Wildman–Crippen LogP) is 15.9. The van der Waals surface area contributed by atoms with Gasteiger partial charge in [-0.25, -0.2) is 0 Å². The summed E-state index contributed by atoms with van der Waals surface area (Å²) in [4.78, 5) is 2.44. The molecule has 0 bridgehead atoms. The molecule has 9 aromatic carbocycles. The summed E-state index contributed by atoms with van der Waals surface area (Å²) in [6.45, 7) is 0. The van der Waals surface area contributed by atoms with E-state index in [9.17, 15) is 0 Å². The van der Waals surface area contributed by atoms with Crippen molar-refractivity contribution in [2.24, 2.45) is 0 Å². The minimum atomic E-state index is 0.864. The van der Waals surface area contributed by atoms with Gasteiger partial charge in [0.1, 0.15) is 11.2 Å². The SMILES string of the molecule is c1ccc(-c2ccc(N(c3cccc4sc5ccccc5c34)c3ccc(-c4cccc(-n5c6ccccc6c6ccccc65)c4)c4oc5ccccc5c34)cc2)cc1. The number of hydrogen-bond acceptors (Lipinski definition) is 3. The van der Waals surface area contributed by atoms with Gasteiger partial charge in [0.05, 0.1) is 27.8 Å². The second-order valence-corrected chi connectivity index (χ2v) is 15.9. The molecule has 0 fully saturated rings. The van der Waals surface area contributed by atoms with Crippen LogP contribution >= 0.6 is 11.3 Å². The number of fused-ring (bicyclic) bond motifs is 9. The fourth-order valence-corrected chi connectivity index (χ4v) is 10.1. The summed E-state index contributed by atoms with van der Waals surface area (Å²) in [5, 5.41) is 7.17. The van der Waals surface area contributed by atoms with Gasteiger partial charge in [0, 0.05) is 53.3 Å². The highest BCUT2D eigenvalue weighted by molar-refractivity contribution is 7.26. The number of hydrogen-bond donors (Lipinski definition) is 0. The summed E-state index contributed by atoms with van der Waals surface area (Å²) >= 11 is 1.85. The number of rotatable bonds is 6. The van der Waals surface area contributed by atoms with E-state index in [2.05, 4.69) is 216 Å². The summed E-state index contributed by atoms with van der Waals surface area (Å²) in [5.74, 6) is 0. The van der Waals surface area contributed by atoms with Gasteiger partial charge in [-0.15, -0.1) is 11.3 Å². The molecule has 3 nitrogen and oxygen atoms in total. The average Bonchev–Trinajstić information content (AvgIpc) is 3.98. The molecule has 3 heterocycles. The Labute approximate surface area is 338 Å². The van der Waals surface area contributed by atoms with Gasteiger partial charge < -0.3 is 13.9 Å².